The standard InChI is InChI=1S/C16H15NO5/c1-11(12-6-4-3-5-7-12)22-16(18)14-10-13(17(19)20)8-9-15(14)21-2/h3-11H,1-2H3/t11-/m0/s1. The third-order valence-electron chi connectivity index (χ3n) is 3.17. The molecule has 2 aromatic carbocycles. The van der Waals surface area contributed by atoms with Gasteiger partial charge in [0, 0.05) is 12.1 Å². The summed E-state index contributed by atoms with van der Waals surface area (Å²) >= 11 is 0. The Labute approximate surface area is 127 Å². The second kappa shape index (κ2) is 6.71. The van der Waals surface area contributed by atoms with E-state index < -0.39 is 17.0 Å². The number of ether oxygens (including phenoxy) is 2. The molecular formula is C16H15NO5. The Morgan fingerprint density at radius 1 is 1.18 bits per heavy atom. The van der Waals surface area contributed by atoms with Crippen LogP contribution in [0.1, 0.15) is 28.9 Å². The number of carbonyl (C=O) groups excluding carboxylic acids is 1. The Bertz CT molecular complexity index is 684. The van der Waals surface area contributed by atoms with Crippen molar-refractivity contribution in [3.8, 4) is 5.75 Å². The smallest absolute Gasteiger partial charge is 0.342 e. The summed E-state index contributed by atoms with van der Waals surface area (Å²) in [6, 6.07) is 13.0. The largest absolute Gasteiger partial charge is 0.496 e. The predicted molar refractivity (Wildman–Crippen MR) is 79.9 cm³/mol. The maximum atomic E-state index is 12.3. The highest BCUT2D eigenvalue weighted by Crippen LogP contribution is 2.27. The van der Waals surface area contributed by atoms with Crippen molar-refractivity contribution >= 4 is 11.7 Å². The highest BCUT2D eigenvalue weighted by Gasteiger charge is 2.21. The number of rotatable bonds is 5. The van der Waals surface area contributed by atoms with E-state index in [0.717, 1.165) is 11.6 Å². The Kier molecular flexibility index (Phi) is 4.73. The fourth-order valence-corrected chi connectivity index (χ4v) is 1.99. The van der Waals surface area contributed by atoms with Crippen molar-refractivity contribution in [3.63, 3.8) is 0 Å². The van der Waals surface area contributed by atoms with Gasteiger partial charge in [0.25, 0.3) is 5.69 Å². The molecule has 0 unspecified atom stereocenters. The number of nitro groups is 1. The van der Waals surface area contributed by atoms with Crippen LogP contribution in [0.3, 0.4) is 0 Å². The van der Waals surface area contributed by atoms with Crippen molar-refractivity contribution in [2.24, 2.45) is 0 Å². The third-order valence-corrected chi connectivity index (χ3v) is 3.17. The molecule has 6 heteroatoms. The highest BCUT2D eigenvalue weighted by molar-refractivity contribution is 5.93. The molecule has 2 aromatic rings. The molecule has 1 atom stereocenters. The molecule has 0 spiro atoms. The van der Waals surface area contributed by atoms with Gasteiger partial charge in [-0.15, -0.1) is 0 Å². The van der Waals surface area contributed by atoms with Gasteiger partial charge in [0.15, 0.2) is 0 Å². The molecule has 0 aromatic heterocycles. The van der Waals surface area contributed by atoms with Crippen molar-refractivity contribution in [2.75, 3.05) is 7.11 Å². The first-order valence-corrected chi connectivity index (χ1v) is 6.61. The zero-order valence-electron chi connectivity index (χ0n) is 12.2. The normalized spacial score (nSPS) is 11.5. The average molecular weight is 301 g/mol. The third kappa shape index (κ3) is 3.41. The molecule has 0 aliphatic heterocycles. The summed E-state index contributed by atoms with van der Waals surface area (Å²) in [7, 11) is 1.39. The summed E-state index contributed by atoms with van der Waals surface area (Å²) in [4.78, 5) is 22.5. The molecule has 0 saturated carbocycles. The summed E-state index contributed by atoms with van der Waals surface area (Å²) in [6.45, 7) is 1.73. The number of hydrogen-bond donors (Lipinski definition) is 0. The van der Waals surface area contributed by atoms with Crippen molar-refractivity contribution in [1.82, 2.24) is 0 Å². The van der Waals surface area contributed by atoms with Crippen molar-refractivity contribution in [1.29, 1.82) is 0 Å². The average Bonchev–Trinajstić information content (AvgIpc) is 2.54. The van der Waals surface area contributed by atoms with E-state index in [2.05, 4.69) is 0 Å². The second-order valence-corrected chi connectivity index (χ2v) is 4.60. The molecule has 2 rings (SSSR count). The maximum Gasteiger partial charge on any atom is 0.342 e. The lowest BCUT2D eigenvalue weighted by atomic mass is 10.1. The zero-order chi connectivity index (χ0) is 16.1. The van der Waals surface area contributed by atoms with Crippen molar-refractivity contribution < 1.29 is 19.2 Å². The van der Waals surface area contributed by atoms with E-state index in [1.807, 2.05) is 30.3 Å². The number of non-ortho nitro benzene ring substituents is 1. The van der Waals surface area contributed by atoms with Crippen LogP contribution in [0.2, 0.25) is 0 Å². The minimum Gasteiger partial charge on any atom is -0.496 e. The lowest BCUT2D eigenvalue weighted by Crippen LogP contribution is -2.11. The molecule has 0 aliphatic rings. The van der Waals surface area contributed by atoms with Gasteiger partial charge in [-0.1, -0.05) is 30.3 Å². The van der Waals surface area contributed by atoms with Crippen molar-refractivity contribution in [3.05, 3.63) is 69.8 Å². The molecule has 114 valence electrons. The summed E-state index contributed by atoms with van der Waals surface area (Å²) < 4.78 is 10.4. The number of carbonyl (C=O) groups is 1. The van der Waals surface area contributed by atoms with Crippen molar-refractivity contribution in [2.45, 2.75) is 13.0 Å². The molecule has 0 bridgehead atoms. The van der Waals surface area contributed by atoms with Crippen LogP contribution in [0.15, 0.2) is 48.5 Å². The Balaban J connectivity index is 2.25. The predicted octanol–water partition coefficient (Wildman–Crippen LogP) is 3.52. The monoisotopic (exact) mass is 301 g/mol. The van der Waals surface area contributed by atoms with E-state index in [0.29, 0.717) is 0 Å². The van der Waals surface area contributed by atoms with E-state index in [1.54, 1.807) is 6.92 Å². The van der Waals surface area contributed by atoms with Gasteiger partial charge in [-0.2, -0.15) is 0 Å². The van der Waals surface area contributed by atoms with Crippen LogP contribution in [-0.2, 0) is 4.74 Å². The molecule has 0 radical (unpaired) electrons. The van der Waals surface area contributed by atoms with E-state index >= 15 is 0 Å². The first kappa shape index (κ1) is 15.5. The van der Waals surface area contributed by atoms with E-state index in [9.17, 15) is 14.9 Å². The van der Waals surface area contributed by atoms with Crippen LogP contribution in [-0.4, -0.2) is 18.0 Å². The second-order valence-electron chi connectivity index (χ2n) is 4.60. The van der Waals surface area contributed by atoms with Gasteiger partial charge < -0.3 is 9.47 Å². The molecule has 0 amide bonds. The zero-order valence-corrected chi connectivity index (χ0v) is 12.2. The van der Waals surface area contributed by atoms with Gasteiger partial charge >= 0.3 is 5.97 Å². The van der Waals surface area contributed by atoms with Crippen LogP contribution in [0.4, 0.5) is 5.69 Å². The molecule has 0 heterocycles. The van der Waals surface area contributed by atoms with Gasteiger partial charge in [-0.05, 0) is 18.6 Å². The van der Waals surface area contributed by atoms with Crippen LogP contribution in [0.25, 0.3) is 0 Å². The molecule has 22 heavy (non-hydrogen) atoms. The van der Waals surface area contributed by atoms with Gasteiger partial charge in [-0.3, -0.25) is 10.1 Å². The lowest BCUT2D eigenvalue weighted by Gasteiger charge is -2.14. The number of nitro benzene ring substituents is 1. The van der Waals surface area contributed by atoms with Gasteiger partial charge in [-0.25, -0.2) is 4.79 Å². The summed E-state index contributed by atoms with van der Waals surface area (Å²) in [5.41, 5.74) is 0.667. The summed E-state index contributed by atoms with van der Waals surface area (Å²) in [5, 5.41) is 10.8. The molecule has 0 fully saturated rings. The van der Waals surface area contributed by atoms with Gasteiger partial charge in [0.1, 0.15) is 17.4 Å². The SMILES string of the molecule is COc1ccc([N+](=O)[O-])cc1C(=O)O[C@@H](C)c1ccccc1. The fraction of sp³-hybridized carbons (Fsp3) is 0.188. The summed E-state index contributed by atoms with van der Waals surface area (Å²) in [5.74, 6) is -0.437. The minimum atomic E-state index is -0.670. The van der Waals surface area contributed by atoms with Crippen LogP contribution in [0.5, 0.6) is 5.75 Å². The number of benzene rings is 2. The lowest BCUT2D eigenvalue weighted by molar-refractivity contribution is -0.384. The number of nitrogens with zero attached hydrogens (tertiary/aromatic N) is 1. The molecular weight excluding hydrogens is 286 g/mol. The number of hydrogen-bond acceptors (Lipinski definition) is 5. The minimum absolute atomic E-state index is 0.0273. The molecule has 6 nitrogen and oxygen atoms in total. The summed E-state index contributed by atoms with van der Waals surface area (Å²) in [6.07, 6.45) is -0.474. The Morgan fingerprint density at radius 3 is 2.45 bits per heavy atom. The number of methoxy groups -OCH3 is 1. The number of esters is 1. The Morgan fingerprint density at radius 2 is 1.86 bits per heavy atom. The first-order chi connectivity index (χ1) is 10.5. The quantitative estimate of drug-likeness (QED) is 0.479. The van der Waals surface area contributed by atoms with E-state index in [4.69, 9.17) is 9.47 Å². The fourth-order valence-electron chi connectivity index (χ4n) is 1.99. The Hall–Kier alpha value is -2.89. The van der Waals surface area contributed by atoms with Crippen LogP contribution in [0, 0.1) is 10.1 Å². The topological polar surface area (TPSA) is 78.7 Å². The van der Waals surface area contributed by atoms with Crippen LogP contribution >= 0.6 is 0 Å². The highest BCUT2D eigenvalue weighted by atomic mass is 16.6. The van der Waals surface area contributed by atoms with Gasteiger partial charge in [0.2, 0.25) is 0 Å². The molecule has 0 aliphatic carbocycles. The van der Waals surface area contributed by atoms with Gasteiger partial charge in [0.05, 0.1) is 12.0 Å². The van der Waals surface area contributed by atoms with Crippen LogP contribution < -0.4 is 4.74 Å². The first-order valence-electron chi connectivity index (χ1n) is 6.61. The van der Waals surface area contributed by atoms with E-state index in [1.165, 1.54) is 19.2 Å². The van der Waals surface area contributed by atoms with E-state index in [-0.39, 0.29) is 17.0 Å². The molecule has 0 saturated heterocycles. The maximum absolute atomic E-state index is 12.3. The molecule has 0 N–H and O–H groups in total.